The first-order valence-corrected chi connectivity index (χ1v) is 12.2. The van der Waals surface area contributed by atoms with Crippen molar-refractivity contribution in [3.63, 3.8) is 0 Å². The number of halogens is 2. The molecule has 38 heavy (non-hydrogen) atoms. The number of aromatic nitrogens is 2. The third kappa shape index (κ3) is 5.39. The average molecular weight is 516 g/mol. The molecular formula is C28H27F2N7O. The number of amides is 1. The van der Waals surface area contributed by atoms with Gasteiger partial charge in [0.1, 0.15) is 29.0 Å². The molecule has 8 nitrogen and oxygen atoms in total. The number of carbonyl (C=O) groups excluding carboxylic acids is 1. The lowest BCUT2D eigenvalue weighted by atomic mass is 10.0. The van der Waals surface area contributed by atoms with E-state index in [1.165, 1.54) is 24.3 Å². The summed E-state index contributed by atoms with van der Waals surface area (Å²) >= 11 is 0. The zero-order valence-corrected chi connectivity index (χ0v) is 20.8. The second kappa shape index (κ2) is 10.8. The van der Waals surface area contributed by atoms with Gasteiger partial charge in [0, 0.05) is 30.8 Å². The highest BCUT2D eigenvalue weighted by Crippen LogP contribution is 2.33. The SMILES string of the molecule is Cc1ccc(C[C@H](N=NN)C(=O)N2CCn3c(nc(-c4ccc(F)cc4)c3Nc3ccc(F)cc3)C2)cc1. The lowest BCUT2D eigenvalue weighted by Crippen LogP contribution is -2.44. The van der Waals surface area contributed by atoms with Crippen molar-refractivity contribution in [2.24, 2.45) is 16.2 Å². The molecule has 0 bridgehead atoms. The van der Waals surface area contributed by atoms with Crippen molar-refractivity contribution in [3.8, 4) is 11.3 Å². The predicted octanol–water partition coefficient (Wildman–Crippen LogP) is 5.16. The Morgan fingerprint density at radius 2 is 1.66 bits per heavy atom. The molecular weight excluding hydrogens is 488 g/mol. The van der Waals surface area contributed by atoms with E-state index < -0.39 is 6.04 Å². The second-order valence-corrected chi connectivity index (χ2v) is 9.21. The van der Waals surface area contributed by atoms with Crippen LogP contribution in [0, 0.1) is 18.6 Å². The van der Waals surface area contributed by atoms with Gasteiger partial charge in [0.05, 0.1) is 6.54 Å². The van der Waals surface area contributed by atoms with E-state index >= 15 is 0 Å². The molecule has 1 aliphatic heterocycles. The Labute approximate surface area is 218 Å². The molecule has 10 heteroatoms. The second-order valence-electron chi connectivity index (χ2n) is 9.21. The molecule has 4 aromatic rings. The van der Waals surface area contributed by atoms with Crippen LogP contribution in [0.25, 0.3) is 11.3 Å². The van der Waals surface area contributed by atoms with Crippen molar-refractivity contribution >= 4 is 17.4 Å². The number of imidazole rings is 1. The highest BCUT2D eigenvalue weighted by molar-refractivity contribution is 5.83. The quantitative estimate of drug-likeness (QED) is 0.202. The number of aryl methyl sites for hydroxylation is 1. The van der Waals surface area contributed by atoms with Crippen LogP contribution >= 0.6 is 0 Å². The summed E-state index contributed by atoms with van der Waals surface area (Å²) in [5, 5.41) is 10.8. The molecule has 0 unspecified atom stereocenters. The topological polar surface area (TPSA) is 101 Å². The smallest absolute Gasteiger partial charge is 0.250 e. The molecule has 1 aromatic heterocycles. The fourth-order valence-corrected chi connectivity index (χ4v) is 4.54. The van der Waals surface area contributed by atoms with E-state index in [2.05, 4.69) is 15.7 Å². The molecule has 5 rings (SSSR count). The van der Waals surface area contributed by atoms with E-state index in [1.54, 1.807) is 29.2 Å². The third-order valence-corrected chi connectivity index (χ3v) is 6.55. The van der Waals surface area contributed by atoms with Gasteiger partial charge in [-0.3, -0.25) is 4.79 Å². The van der Waals surface area contributed by atoms with E-state index in [1.807, 2.05) is 35.8 Å². The molecule has 0 saturated carbocycles. The Kier molecular flexibility index (Phi) is 7.12. The molecule has 3 aromatic carbocycles. The van der Waals surface area contributed by atoms with Crippen LogP contribution in [-0.4, -0.2) is 32.9 Å². The maximum absolute atomic E-state index is 13.6. The Bertz CT molecular complexity index is 1450. The Morgan fingerprint density at radius 1 is 1.00 bits per heavy atom. The van der Waals surface area contributed by atoms with Gasteiger partial charge in [-0.1, -0.05) is 35.1 Å². The maximum atomic E-state index is 13.6. The van der Waals surface area contributed by atoms with Crippen molar-refractivity contribution in [1.82, 2.24) is 14.5 Å². The number of benzene rings is 3. The number of anilines is 2. The summed E-state index contributed by atoms with van der Waals surface area (Å²) in [6.07, 6.45) is 0.378. The number of carbonyl (C=O) groups is 1. The molecule has 0 saturated heterocycles. The van der Waals surface area contributed by atoms with E-state index in [-0.39, 0.29) is 24.1 Å². The highest BCUT2D eigenvalue weighted by atomic mass is 19.1. The van der Waals surface area contributed by atoms with Gasteiger partial charge in [-0.25, -0.2) is 13.8 Å². The summed E-state index contributed by atoms with van der Waals surface area (Å²) in [5.74, 6) is 5.81. The lowest BCUT2D eigenvalue weighted by molar-refractivity contribution is -0.134. The van der Waals surface area contributed by atoms with Crippen LogP contribution in [0.4, 0.5) is 20.3 Å². The van der Waals surface area contributed by atoms with Crippen LogP contribution in [0.15, 0.2) is 83.1 Å². The van der Waals surface area contributed by atoms with E-state index in [9.17, 15) is 13.6 Å². The van der Waals surface area contributed by atoms with Gasteiger partial charge in [0.25, 0.3) is 0 Å². The molecule has 1 aliphatic rings. The maximum Gasteiger partial charge on any atom is 0.250 e. The highest BCUT2D eigenvalue weighted by Gasteiger charge is 2.31. The number of nitrogens with zero attached hydrogens (tertiary/aromatic N) is 5. The summed E-state index contributed by atoms with van der Waals surface area (Å²) in [7, 11) is 0. The molecule has 1 amide bonds. The number of fused-ring (bicyclic) bond motifs is 1. The summed E-state index contributed by atoms with van der Waals surface area (Å²) < 4.78 is 29.1. The minimum Gasteiger partial charge on any atom is -0.340 e. The zero-order chi connectivity index (χ0) is 26.6. The van der Waals surface area contributed by atoms with Crippen LogP contribution in [0.5, 0.6) is 0 Å². The molecule has 0 radical (unpaired) electrons. The molecule has 1 atom stereocenters. The van der Waals surface area contributed by atoms with Gasteiger partial charge in [0.15, 0.2) is 6.04 Å². The summed E-state index contributed by atoms with van der Waals surface area (Å²) in [4.78, 5) is 20.0. The van der Waals surface area contributed by atoms with Crippen LogP contribution in [0.3, 0.4) is 0 Å². The van der Waals surface area contributed by atoms with Crippen molar-refractivity contribution in [2.75, 3.05) is 11.9 Å². The molecule has 0 fully saturated rings. The first kappa shape index (κ1) is 25.1. The number of hydrogen-bond donors (Lipinski definition) is 2. The van der Waals surface area contributed by atoms with Gasteiger partial charge >= 0.3 is 0 Å². The number of hydrogen-bond acceptors (Lipinski definition) is 5. The minimum atomic E-state index is -0.752. The summed E-state index contributed by atoms with van der Waals surface area (Å²) in [6, 6.07) is 19.2. The molecule has 0 aliphatic carbocycles. The minimum absolute atomic E-state index is 0.189. The van der Waals surface area contributed by atoms with E-state index in [0.717, 1.165) is 11.1 Å². The largest absolute Gasteiger partial charge is 0.340 e. The molecule has 0 spiro atoms. The Morgan fingerprint density at radius 3 is 2.32 bits per heavy atom. The first-order valence-electron chi connectivity index (χ1n) is 12.2. The van der Waals surface area contributed by atoms with Crippen molar-refractivity contribution in [3.05, 3.63) is 101 Å². The van der Waals surface area contributed by atoms with E-state index in [0.29, 0.717) is 48.1 Å². The third-order valence-electron chi connectivity index (χ3n) is 6.55. The zero-order valence-electron chi connectivity index (χ0n) is 20.8. The lowest BCUT2D eigenvalue weighted by Gasteiger charge is -2.30. The fraction of sp³-hybridized carbons (Fsp3) is 0.214. The first-order chi connectivity index (χ1) is 18.4. The van der Waals surface area contributed by atoms with Crippen molar-refractivity contribution in [2.45, 2.75) is 32.5 Å². The van der Waals surface area contributed by atoms with Crippen LogP contribution in [0.2, 0.25) is 0 Å². The van der Waals surface area contributed by atoms with Crippen LogP contribution in [0.1, 0.15) is 17.0 Å². The van der Waals surface area contributed by atoms with Crippen LogP contribution < -0.4 is 11.2 Å². The number of nitrogens with two attached hydrogens (primary N) is 1. The predicted molar refractivity (Wildman–Crippen MR) is 140 cm³/mol. The average Bonchev–Trinajstić information content (AvgIpc) is 3.28. The summed E-state index contributed by atoms with van der Waals surface area (Å²) in [5.41, 5.74) is 4.09. The van der Waals surface area contributed by atoms with Gasteiger partial charge < -0.3 is 20.6 Å². The molecule has 194 valence electrons. The fourth-order valence-electron chi connectivity index (χ4n) is 4.54. The summed E-state index contributed by atoms with van der Waals surface area (Å²) in [6.45, 7) is 3.15. The van der Waals surface area contributed by atoms with E-state index in [4.69, 9.17) is 10.8 Å². The molecule has 2 heterocycles. The van der Waals surface area contributed by atoms with Crippen LogP contribution in [-0.2, 0) is 24.3 Å². The van der Waals surface area contributed by atoms with Gasteiger partial charge in [-0.2, -0.15) is 5.11 Å². The Balaban J connectivity index is 1.44. The standard InChI is InChI=1S/C28H27F2N7O/c1-18-2-4-19(5-3-18)16-24(34-35-31)28(38)36-14-15-37-25(17-36)33-26(20-6-8-21(29)9-7-20)27(37)32-23-12-10-22(30)11-13-23/h2-13,24,32H,14-17H2,1H3,(H2,31,34)/t24-/m0/s1. The van der Waals surface area contributed by atoms with Gasteiger partial charge in [-0.15, -0.1) is 0 Å². The van der Waals surface area contributed by atoms with Crippen molar-refractivity contribution < 1.29 is 13.6 Å². The molecule has 3 N–H and O–H groups in total. The normalized spacial score (nSPS) is 13.9. The number of rotatable bonds is 7. The number of nitrogens with one attached hydrogen (secondary N) is 1. The van der Waals surface area contributed by atoms with Gasteiger partial charge in [-0.05, 0) is 61.0 Å². The van der Waals surface area contributed by atoms with Crippen molar-refractivity contribution in [1.29, 1.82) is 0 Å². The monoisotopic (exact) mass is 515 g/mol. The van der Waals surface area contributed by atoms with Gasteiger partial charge in [0.2, 0.25) is 5.91 Å². The Hall–Kier alpha value is -4.60.